The summed E-state index contributed by atoms with van der Waals surface area (Å²) in [7, 11) is 1.46. The van der Waals surface area contributed by atoms with Crippen LogP contribution in [0.25, 0.3) is 0 Å². The van der Waals surface area contributed by atoms with Crippen molar-refractivity contribution in [3.8, 4) is 0 Å². The molecule has 18 heavy (non-hydrogen) atoms. The van der Waals surface area contributed by atoms with Gasteiger partial charge in [-0.05, 0) is 0 Å². The van der Waals surface area contributed by atoms with Gasteiger partial charge in [-0.25, -0.2) is 8.78 Å². The van der Waals surface area contributed by atoms with E-state index in [1.807, 2.05) is 0 Å². The summed E-state index contributed by atoms with van der Waals surface area (Å²) >= 11 is 0. The van der Waals surface area contributed by atoms with Crippen molar-refractivity contribution < 1.29 is 23.0 Å². The molecule has 1 rings (SSSR count). The number of carbonyl (C=O) groups excluding carboxylic acids is 1. The van der Waals surface area contributed by atoms with E-state index in [4.69, 9.17) is 9.47 Å². The number of carbonyl (C=O) groups is 1. The second-order valence-electron chi connectivity index (χ2n) is 3.73. The Kier molecular flexibility index (Phi) is 9.17. The first-order chi connectivity index (χ1) is 8.15. The van der Waals surface area contributed by atoms with E-state index in [0.29, 0.717) is 19.7 Å². The summed E-state index contributed by atoms with van der Waals surface area (Å²) in [6.07, 6.45) is -3.22. The Morgan fingerprint density at radius 3 is 2.83 bits per heavy atom. The number of methoxy groups -OCH3 is 1. The minimum Gasteiger partial charge on any atom is -0.383 e. The molecule has 1 fully saturated rings. The van der Waals surface area contributed by atoms with Crippen LogP contribution in [0.1, 0.15) is 0 Å². The lowest BCUT2D eigenvalue weighted by Gasteiger charge is -2.29. The minimum absolute atomic E-state index is 0. The highest BCUT2D eigenvalue weighted by atomic mass is 35.5. The lowest BCUT2D eigenvalue weighted by atomic mass is 10.2. The van der Waals surface area contributed by atoms with Gasteiger partial charge in [0.15, 0.2) is 0 Å². The fourth-order valence-corrected chi connectivity index (χ4v) is 1.59. The van der Waals surface area contributed by atoms with Gasteiger partial charge in [0.05, 0.1) is 19.8 Å². The minimum atomic E-state index is -2.55. The first-order valence-electron chi connectivity index (χ1n) is 5.53. The summed E-state index contributed by atoms with van der Waals surface area (Å²) < 4.78 is 34.7. The molecule has 1 N–H and O–H groups in total. The number of morpholine rings is 1. The van der Waals surface area contributed by atoms with Crippen LogP contribution in [0.3, 0.4) is 0 Å². The topological polar surface area (TPSA) is 50.8 Å². The van der Waals surface area contributed by atoms with Gasteiger partial charge in [-0.1, -0.05) is 0 Å². The Labute approximate surface area is 111 Å². The van der Waals surface area contributed by atoms with Crippen LogP contribution in [-0.4, -0.2) is 69.8 Å². The molecular formula is C10H19ClF2N2O3. The largest absolute Gasteiger partial charge is 0.383 e. The molecule has 0 aromatic rings. The molecule has 0 saturated carbocycles. The lowest BCUT2D eigenvalue weighted by molar-refractivity contribution is -0.147. The van der Waals surface area contributed by atoms with Crippen LogP contribution in [0.2, 0.25) is 0 Å². The van der Waals surface area contributed by atoms with Crippen molar-refractivity contribution in [3.63, 3.8) is 0 Å². The van der Waals surface area contributed by atoms with Crippen molar-refractivity contribution in [3.05, 3.63) is 0 Å². The number of nitrogens with zero attached hydrogens (tertiary/aromatic N) is 1. The molecule has 0 aromatic heterocycles. The normalized spacial score (nSPS) is 19.4. The Bertz CT molecular complexity index is 241. The first-order valence-corrected chi connectivity index (χ1v) is 5.53. The maximum atomic E-state index is 12.3. The smallest absolute Gasteiger partial charge is 0.255 e. The number of rotatable bonds is 6. The Morgan fingerprint density at radius 1 is 1.61 bits per heavy atom. The average Bonchev–Trinajstić information content (AvgIpc) is 2.34. The first kappa shape index (κ1) is 17.5. The van der Waals surface area contributed by atoms with Gasteiger partial charge in [0.1, 0.15) is 6.10 Å². The summed E-state index contributed by atoms with van der Waals surface area (Å²) in [5.74, 6) is -0.408. The number of hydrogen-bond donors (Lipinski definition) is 1. The predicted octanol–water partition coefficient (Wildman–Crippen LogP) is 0.137. The predicted molar refractivity (Wildman–Crippen MR) is 64.3 cm³/mol. The highest BCUT2D eigenvalue weighted by Crippen LogP contribution is 2.05. The van der Waals surface area contributed by atoms with E-state index < -0.39 is 25.0 Å². The number of halogens is 3. The average molecular weight is 289 g/mol. The Morgan fingerprint density at radius 2 is 2.33 bits per heavy atom. The molecule has 0 spiro atoms. The zero-order valence-electron chi connectivity index (χ0n) is 10.2. The van der Waals surface area contributed by atoms with Crippen LogP contribution in [0.15, 0.2) is 0 Å². The van der Waals surface area contributed by atoms with Crippen molar-refractivity contribution in [2.45, 2.75) is 12.5 Å². The van der Waals surface area contributed by atoms with E-state index in [-0.39, 0.29) is 25.6 Å². The molecule has 1 saturated heterocycles. The third-order valence-corrected chi connectivity index (χ3v) is 2.44. The zero-order chi connectivity index (χ0) is 12.7. The maximum Gasteiger partial charge on any atom is 0.255 e. The number of alkyl halides is 2. The van der Waals surface area contributed by atoms with E-state index >= 15 is 0 Å². The van der Waals surface area contributed by atoms with Gasteiger partial charge in [0.25, 0.3) is 12.3 Å². The summed E-state index contributed by atoms with van der Waals surface area (Å²) in [4.78, 5) is 13.0. The second kappa shape index (κ2) is 9.43. The standard InChI is InChI=1S/C10H18F2N2O3.ClH/c1-16-5-3-14(7-9(11)12)10(15)8-6-13-2-4-17-8;/h8-9,13H,2-7H2,1H3;1H. The third kappa shape index (κ3) is 5.90. The Balaban J connectivity index is 0.00000289. The van der Waals surface area contributed by atoms with Crippen molar-refractivity contribution in [1.29, 1.82) is 0 Å². The molecule has 1 atom stereocenters. The second-order valence-corrected chi connectivity index (χ2v) is 3.73. The molecule has 1 aliphatic rings. The number of amides is 1. The van der Waals surface area contributed by atoms with Gasteiger partial charge in [-0.3, -0.25) is 4.79 Å². The number of ether oxygens (including phenoxy) is 2. The number of hydrogen-bond acceptors (Lipinski definition) is 4. The highest BCUT2D eigenvalue weighted by Gasteiger charge is 2.28. The van der Waals surface area contributed by atoms with Gasteiger partial charge >= 0.3 is 0 Å². The molecule has 0 radical (unpaired) electrons. The summed E-state index contributed by atoms with van der Waals surface area (Å²) in [5, 5.41) is 2.99. The maximum absolute atomic E-state index is 12.3. The molecule has 1 unspecified atom stereocenters. The quantitative estimate of drug-likeness (QED) is 0.755. The molecule has 5 nitrogen and oxygen atoms in total. The van der Waals surface area contributed by atoms with E-state index in [0.717, 1.165) is 4.90 Å². The van der Waals surface area contributed by atoms with E-state index in [2.05, 4.69) is 5.32 Å². The molecule has 1 amide bonds. The molecule has 1 aliphatic heterocycles. The van der Waals surface area contributed by atoms with Crippen molar-refractivity contribution in [2.75, 3.05) is 46.5 Å². The Hall–Kier alpha value is -0.500. The lowest BCUT2D eigenvalue weighted by Crippen LogP contribution is -2.51. The van der Waals surface area contributed by atoms with Gasteiger partial charge in [-0.15, -0.1) is 12.4 Å². The van der Waals surface area contributed by atoms with Crippen LogP contribution < -0.4 is 5.32 Å². The summed E-state index contributed by atoms with van der Waals surface area (Å²) in [5.41, 5.74) is 0. The molecule has 0 bridgehead atoms. The van der Waals surface area contributed by atoms with Crippen LogP contribution in [-0.2, 0) is 14.3 Å². The summed E-state index contributed by atoms with van der Waals surface area (Å²) in [6, 6.07) is 0. The molecule has 8 heteroatoms. The van der Waals surface area contributed by atoms with Crippen molar-refractivity contribution >= 4 is 18.3 Å². The van der Waals surface area contributed by atoms with Gasteiger partial charge in [-0.2, -0.15) is 0 Å². The van der Waals surface area contributed by atoms with Gasteiger partial charge < -0.3 is 19.7 Å². The molecule has 0 aliphatic carbocycles. The molecule has 108 valence electrons. The zero-order valence-corrected chi connectivity index (χ0v) is 11.0. The van der Waals surface area contributed by atoms with E-state index in [9.17, 15) is 13.6 Å². The van der Waals surface area contributed by atoms with Gasteiger partial charge in [0, 0.05) is 26.7 Å². The van der Waals surface area contributed by atoms with Gasteiger partial charge in [0.2, 0.25) is 0 Å². The van der Waals surface area contributed by atoms with Crippen molar-refractivity contribution in [2.24, 2.45) is 0 Å². The fourth-order valence-electron chi connectivity index (χ4n) is 1.59. The van der Waals surface area contributed by atoms with E-state index in [1.165, 1.54) is 7.11 Å². The highest BCUT2D eigenvalue weighted by molar-refractivity contribution is 5.85. The molecular weight excluding hydrogens is 270 g/mol. The van der Waals surface area contributed by atoms with Crippen LogP contribution in [0.5, 0.6) is 0 Å². The summed E-state index contributed by atoms with van der Waals surface area (Å²) in [6.45, 7) is 1.27. The van der Waals surface area contributed by atoms with Crippen LogP contribution >= 0.6 is 12.4 Å². The SMILES string of the molecule is COCCN(CC(F)F)C(=O)C1CNCCO1.Cl. The van der Waals surface area contributed by atoms with Crippen LogP contribution in [0.4, 0.5) is 8.78 Å². The van der Waals surface area contributed by atoms with Crippen molar-refractivity contribution in [1.82, 2.24) is 10.2 Å². The molecule has 0 aromatic carbocycles. The monoisotopic (exact) mass is 288 g/mol. The fraction of sp³-hybridized carbons (Fsp3) is 0.900. The number of nitrogens with one attached hydrogen (secondary N) is 1. The van der Waals surface area contributed by atoms with E-state index in [1.54, 1.807) is 0 Å². The third-order valence-electron chi connectivity index (χ3n) is 2.44. The van der Waals surface area contributed by atoms with Crippen LogP contribution in [0, 0.1) is 0 Å². The molecule has 1 heterocycles.